The van der Waals surface area contributed by atoms with E-state index in [1.54, 1.807) is 16.7 Å². The molecule has 0 saturated carbocycles. The van der Waals surface area contributed by atoms with Crippen LogP contribution < -0.4 is 0 Å². The van der Waals surface area contributed by atoms with Gasteiger partial charge in [-0.3, -0.25) is 4.90 Å². The minimum absolute atomic E-state index is 0.000635. The standard InChI is InChI=1S/C14H24N2O3S2/c1-4-5-12-16(11(8-21-12)13(17)18)14(19)15-6-7-20-10(3)9(15)2/h9-12H,4-8H2,1-3H3,(H,17,18). The van der Waals surface area contributed by atoms with Gasteiger partial charge in [-0.05, 0) is 13.3 Å². The molecule has 2 fully saturated rings. The maximum absolute atomic E-state index is 12.9. The van der Waals surface area contributed by atoms with Crippen molar-refractivity contribution in [3.8, 4) is 0 Å². The largest absolute Gasteiger partial charge is 0.480 e. The van der Waals surface area contributed by atoms with Crippen LogP contribution in [0.25, 0.3) is 0 Å². The van der Waals surface area contributed by atoms with Gasteiger partial charge < -0.3 is 10.0 Å². The molecule has 120 valence electrons. The van der Waals surface area contributed by atoms with E-state index >= 15 is 0 Å². The van der Waals surface area contributed by atoms with E-state index in [9.17, 15) is 14.7 Å². The summed E-state index contributed by atoms with van der Waals surface area (Å²) in [6.45, 7) is 6.97. The summed E-state index contributed by atoms with van der Waals surface area (Å²) in [6, 6.07) is -0.625. The Bertz CT molecular complexity index is 408. The van der Waals surface area contributed by atoms with Crippen LogP contribution in [-0.4, -0.2) is 67.7 Å². The second-order valence-corrected chi connectivity index (χ2v) is 8.33. The first-order valence-corrected chi connectivity index (χ1v) is 9.62. The molecule has 2 rings (SSSR count). The van der Waals surface area contributed by atoms with Gasteiger partial charge in [0.05, 0.1) is 5.37 Å². The molecule has 0 radical (unpaired) electrons. The molecule has 2 amide bonds. The van der Waals surface area contributed by atoms with E-state index in [-0.39, 0.29) is 17.4 Å². The van der Waals surface area contributed by atoms with E-state index < -0.39 is 12.0 Å². The van der Waals surface area contributed by atoms with Crippen LogP contribution in [0.5, 0.6) is 0 Å². The van der Waals surface area contributed by atoms with Crippen molar-refractivity contribution < 1.29 is 14.7 Å². The van der Waals surface area contributed by atoms with E-state index in [1.807, 2.05) is 16.7 Å². The Morgan fingerprint density at radius 3 is 2.62 bits per heavy atom. The summed E-state index contributed by atoms with van der Waals surface area (Å²) in [6.07, 6.45) is 1.81. The van der Waals surface area contributed by atoms with Gasteiger partial charge in [0, 0.05) is 29.3 Å². The number of nitrogens with zero attached hydrogens (tertiary/aromatic N) is 2. The molecule has 0 aromatic heterocycles. The van der Waals surface area contributed by atoms with Crippen LogP contribution >= 0.6 is 23.5 Å². The summed E-state index contributed by atoms with van der Waals surface area (Å²) < 4.78 is 0. The molecule has 0 aromatic carbocycles. The third kappa shape index (κ3) is 3.44. The number of hydrogen-bond acceptors (Lipinski definition) is 4. The number of urea groups is 1. The molecule has 4 unspecified atom stereocenters. The Hall–Kier alpha value is -0.560. The number of hydrogen-bond donors (Lipinski definition) is 1. The highest BCUT2D eigenvalue weighted by molar-refractivity contribution is 8.00. The SMILES string of the molecule is CCCC1SCC(C(=O)O)N1C(=O)N1CCSC(C)C1C. The zero-order chi connectivity index (χ0) is 15.6. The number of carbonyl (C=O) groups is 2. The van der Waals surface area contributed by atoms with Crippen molar-refractivity contribution in [3.63, 3.8) is 0 Å². The number of carboxylic acid groups (broad SMARTS) is 1. The lowest BCUT2D eigenvalue weighted by Gasteiger charge is -2.41. The van der Waals surface area contributed by atoms with Crippen molar-refractivity contribution in [2.45, 2.75) is 56.3 Å². The quantitative estimate of drug-likeness (QED) is 0.861. The maximum atomic E-state index is 12.9. The summed E-state index contributed by atoms with van der Waals surface area (Å²) in [5, 5.41) is 9.80. The maximum Gasteiger partial charge on any atom is 0.327 e. The van der Waals surface area contributed by atoms with E-state index in [2.05, 4.69) is 20.8 Å². The fourth-order valence-electron chi connectivity index (χ4n) is 2.83. The average Bonchev–Trinajstić information content (AvgIpc) is 2.85. The molecular formula is C14H24N2O3S2. The molecule has 4 atom stereocenters. The highest BCUT2D eigenvalue weighted by Gasteiger charge is 2.44. The van der Waals surface area contributed by atoms with Crippen molar-refractivity contribution in [1.82, 2.24) is 9.80 Å². The number of carboxylic acids is 1. The van der Waals surface area contributed by atoms with Crippen LogP contribution in [0.15, 0.2) is 0 Å². The molecule has 5 nitrogen and oxygen atoms in total. The molecule has 7 heteroatoms. The van der Waals surface area contributed by atoms with Gasteiger partial charge in [-0.15, -0.1) is 11.8 Å². The predicted octanol–water partition coefficient (Wildman–Crippen LogP) is 2.56. The summed E-state index contributed by atoms with van der Waals surface area (Å²) in [7, 11) is 0. The van der Waals surface area contributed by atoms with Crippen LogP contribution in [-0.2, 0) is 4.79 Å². The van der Waals surface area contributed by atoms with Gasteiger partial charge in [-0.25, -0.2) is 9.59 Å². The van der Waals surface area contributed by atoms with Crippen LogP contribution in [0.1, 0.15) is 33.6 Å². The lowest BCUT2D eigenvalue weighted by Crippen LogP contribution is -2.57. The fraction of sp³-hybridized carbons (Fsp3) is 0.857. The first-order chi connectivity index (χ1) is 9.97. The van der Waals surface area contributed by atoms with Crippen molar-refractivity contribution >= 4 is 35.5 Å². The van der Waals surface area contributed by atoms with Crippen molar-refractivity contribution in [3.05, 3.63) is 0 Å². The van der Waals surface area contributed by atoms with Crippen molar-refractivity contribution in [2.24, 2.45) is 0 Å². The number of rotatable bonds is 3. The second kappa shape index (κ2) is 7.13. The summed E-state index contributed by atoms with van der Waals surface area (Å²) >= 11 is 3.47. The first-order valence-electron chi connectivity index (χ1n) is 7.52. The highest BCUT2D eigenvalue weighted by Crippen LogP contribution is 2.35. The molecular weight excluding hydrogens is 308 g/mol. The number of carbonyl (C=O) groups excluding carboxylic acids is 1. The number of aliphatic carboxylic acids is 1. The molecule has 2 heterocycles. The van der Waals surface area contributed by atoms with Gasteiger partial charge in [-0.2, -0.15) is 11.8 Å². The van der Waals surface area contributed by atoms with E-state index in [1.165, 1.54) is 0 Å². The Labute approximate surface area is 134 Å². The molecule has 2 aliphatic heterocycles. The Morgan fingerprint density at radius 2 is 2.00 bits per heavy atom. The topological polar surface area (TPSA) is 60.9 Å². The zero-order valence-electron chi connectivity index (χ0n) is 12.8. The van der Waals surface area contributed by atoms with Gasteiger partial charge in [0.1, 0.15) is 6.04 Å². The number of amides is 2. The monoisotopic (exact) mass is 332 g/mol. The van der Waals surface area contributed by atoms with Crippen molar-refractivity contribution in [2.75, 3.05) is 18.1 Å². The second-order valence-electron chi connectivity index (χ2n) is 5.63. The average molecular weight is 332 g/mol. The highest BCUT2D eigenvalue weighted by atomic mass is 32.2. The summed E-state index contributed by atoms with van der Waals surface area (Å²) in [4.78, 5) is 27.9. The smallest absolute Gasteiger partial charge is 0.327 e. The van der Waals surface area contributed by atoms with Crippen LogP contribution in [0.4, 0.5) is 4.79 Å². The fourth-order valence-corrected chi connectivity index (χ4v) is 5.44. The third-order valence-electron chi connectivity index (χ3n) is 4.26. The Balaban J connectivity index is 2.18. The van der Waals surface area contributed by atoms with E-state index in [0.29, 0.717) is 17.5 Å². The van der Waals surface area contributed by atoms with Crippen LogP contribution in [0.2, 0.25) is 0 Å². The molecule has 0 spiro atoms. The minimum Gasteiger partial charge on any atom is -0.480 e. The van der Waals surface area contributed by atoms with Crippen LogP contribution in [0, 0.1) is 0 Å². The lowest BCUT2D eigenvalue weighted by molar-refractivity contribution is -0.141. The molecule has 2 saturated heterocycles. The lowest BCUT2D eigenvalue weighted by atomic mass is 10.2. The van der Waals surface area contributed by atoms with E-state index in [0.717, 1.165) is 18.6 Å². The zero-order valence-corrected chi connectivity index (χ0v) is 14.5. The molecule has 21 heavy (non-hydrogen) atoms. The first kappa shape index (κ1) is 16.8. The predicted molar refractivity (Wildman–Crippen MR) is 87.9 cm³/mol. The minimum atomic E-state index is -0.887. The summed E-state index contributed by atoms with van der Waals surface area (Å²) in [5.74, 6) is 0.536. The Morgan fingerprint density at radius 1 is 1.29 bits per heavy atom. The third-order valence-corrected chi connectivity index (χ3v) is 6.96. The van der Waals surface area contributed by atoms with Gasteiger partial charge in [0.25, 0.3) is 0 Å². The summed E-state index contributed by atoms with van der Waals surface area (Å²) in [5.41, 5.74) is 0. The molecule has 1 N–H and O–H groups in total. The number of thioether (sulfide) groups is 2. The van der Waals surface area contributed by atoms with Crippen molar-refractivity contribution in [1.29, 1.82) is 0 Å². The van der Waals surface area contributed by atoms with Gasteiger partial charge in [0.15, 0.2) is 0 Å². The molecule has 0 aliphatic carbocycles. The van der Waals surface area contributed by atoms with Gasteiger partial charge in [0.2, 0.25) is 0 Å². The van der Waals surface area contributed by atoms with Gasteiger partial charge in [-0.1, -0.05) is 20.3 Å². The molecule has 0 aromatic rings. The molecule has 2 aliphatic rings. The molecule has 0 bridgehead atoms. The Kier molecular flexibility index (Phi) is 5.71. The van der Waals surface area contributed by atoms with Crippen LogP contribution in [0.3, 0.4) is 0 Å². The van der Waals surface area contributed by atoms with E-state index in [4.69, 9.17) is 0 Å². The van der Waals surface area contributed by atoms with Gasteiger partial charge >= 0.3 is 12.0 Å². The normalized spacial score (nSPS) is 33.3.